The number of hydroxylamine groups is 1. The van der Waals surface area contributed by atoms with E-state index in [0.29, 0.717) is 5.92 Å². The third-order valence-electron chi connectivity index (χ3n) is 1.73. The molecule has 1 N–H and O–H groups in total. The van der Waals surface area contributed by atoms with E-state index in [-0.39, 0.29) is 5.60 Å². The summed E-state index contributed by atoms with van der Waals surface area (Å²) in [5.74, 6) is 0.492. The van der Waals surface area contributed by atoms with Crippen LogP contribution in [0.2, 0.25) is 0 Å². The fourth-order valence-electron chi connectivity index (χ4n) is 0.304. The summed E-state index contributed by atoms with van der Waals surface area (Å²) in [6.07, 6.45) is 0. The Balaban J connectivity index is 3.70. The predicted molar refractivity (Wildman–Crippen MR) is 38.5 cm³/mol. The van der Waals surface area contributed by atoms with Crippen LogP contribution in [0.3, 0.4) is 0 Å². The molecule has 55 valence electrons. The van der Waals surface area contributed by atoms with Crippen molar-refractivity contribution in [2.24, 2.45) is 5.92 Å². The maximum atomic E-state index is 5.13. The first-order chi connectivity index (χ1) is 4.00. The molecule has 0 saturated heterocycles. The number of rotatable bonds is 3. The molecule has 0 spiro atoms. The Bertz CT molecular complexity index is 79.0. The van der Waals surface area contributed by atoms with Gasteiger partial charge in [-0.15, -0.1) is 0 Å². The molecule has 0 aliphatic carbocycles. The molecule has 0 aromatic heterocycles. The molecule has 0 fully saturated rings. The van der Waals surface area contributed by atoms with E-state index in [0.717, 1.165) is 0 Å². The van der Waals surface area contributed by atoms with Crippen molar-refractivity contribution in [3.63, 3.8) is 0 Å². The lowest BCUT2D eigenvalue weighted by molar-refractivity contribution is -0.0941. The number of nitrogens with one attached hydrogen (secondary N) is 1. The van der Waals surface area contributed by atoms with Crippen molar-refractivity contribution < 1.29 is 4.84 Å². The highest BCUT2D eigenvalue weighted by Crippen LogP contribution is 2.18. The van der Waals surface area contributed by atoms with Gasteiger partial charge in [-0.2, -0.15) is 0 Å². The van der Waals surface area contributed by atoms with E-state index in [2.05, 4.69) is 26.4 Å². The molecule has 0 atom stereocenters. The Hall–Kier alpha value is -0.0800. The fourth-order valence-corrected chi connectivity index (χ4v) is 0.304. The SMILES string of the molecule is [CH2]NOC(C)(C)C(C)C. The van der Waals surface area contributed by atoms with E-state index in [1.807, 2.05) is 13.8 Å². The van der Waals surface area contributed by atoms with Crippen LogP contribution in [0.4, 0.5) is 0 Å². The normalized spacial score (nSPS) is 12.7. The average Bonchev–Trinajstić information content (AvgIpc) is 1.65. The smallest absolute Gasteiger partial charge is 0.0863 e. The summed E-state index contributed by atoms with van der Waals surface area (Å²) in [7, 11) is 3.38. The van der Waals surface area contributed by atoms with Crippen molar-refractivity contribution in [1.82, 2.24) is 5.48 Å². The molecule has 0 amide bonds. The molecule has 0 heterocycles. The van der Waals surface area contributed by atoms with Crippen LogP contribution in [-0.4, -0.2) is 5.60 Å². The van der Waals surface area contributed by atoms with Crippen molar-refractivity contribution in [2.75, 3.05) is 0 Å². The molecule has 0 aliphatic heterocycles. The van der Waals surface area contributed by atoms with Crippen LogP contribution in [0.1, 0.15) is 27.7 Å². The van der Waals surface area contributed by atoms with Crippen LogP contribution in [0.25, 0.3) is 0 Å². The van der Waals surface area contributed by atoms with Gasteiger partial charge in [0.1, 0.15) is 0 Å². The van der Waals surface area contributed by atoms with Crippen molar-refractivity contribution >= 4 is 0 Å². The summed E-state index contributed by atoms with van der Waals surface area (Å²) in [6.45, 7) is 8.26. The lowest BCUT2D eigenvalue weighted by Gasteiger charge is -2.27. The zero-order valence-corrected chi connectivity index (χ0v) is 6.69. The summed E-state index contributed by atoms with van der Waals surface area (Å²) in [4.78, 5) is 5.13. The van der Waals surface area contributed by atoms with Crippen LogP contribution < -0.4 is 5.48 Å². The first-order valence-electron chi connectivity index (χ1n) is 3.21. The standard InChI is InChI=1S/C7H16NO/c1-6(2)7(3,4)9-8-5/h6,8H,5H2,1-4H3. The van der Waals surface area contributed by atoms with Gasteiger partial charge in [-0.05, 0) is 19.8 Å². The van der Waals surface area contributed by atoms with E-state index in [9.17, 15) is 0 Å². The molecule has 0 aromatic carbocycles. The first-order valence-corrected chi connectivity index (χ1v) is 3.21. The summed E-state index contributed by atoms with van der Waals surface area (Å²) in [5.41, 5.74) is 2.32. The van der Waals surface area contributed by atoms with E-state index in [4.69, 9.17) is 4.84 Å². The lowest BCUT2D eigenvalue weighted by Crippen LogP contribution is -2.34. The van der Waals surface area contributed by atoms with Gasteiger partial charge in [-0.1, -0.05) is 13.8 Å². The first kappa shape index (κ1) is 8.92. The zero-order valence-electron chi connectivity index (χ0n) is 6.69. The second-order valence-electron chi connectivity index (χ2n) is 3.00. The minimum atomic E-state index is -0.123. The molecule has 1 radical (unpaired) electrons. The third-order valence-corrected chi connectivity index (χ3v) is 1.73. The second kappa shape index (κ2) is 3.18. The van der Waals surface area contributed by atoms with Crippen molar-refractivity contribution in [3.05, 3.63) is 7.05 Å². The molecule has 0 bridgehead atoms. The Labute approximate surface area is 57.5 Å². The molecule has 2 nitrogen and oxygen atoms in total. The Morgan fingerprint density at radius 1 is 1.44 bits per heavy atom. The van der Waals surface area contributed by atoms with Crippen LogP contribution in [0.5, 0.6) is 0 Å². The minimum Gasteiger partial charge on any atom is -0.295 e. The fraction of sp³-hybridized carbons (Fsp3) is 0.857. The summed E-state index contributed by atoms with van der Waals surface area (Å²) in [6, 6.07) is 0. The van der Waals surface area contributed by atoms with Gasteiger partial charge in [0.15, 0.2) is 0 Å². The Morgan fingerprint density at radius 2 is 1.89 bits per heavy atom. The molecule has 0 unspecified atom stereocenters. The molecular formula is C7H16NO. The van der Waals surface area contributed by atoms with E-state index in [1.54, 1.807) is 0 Å². The highest BCUT2D eigenvalue weighted by atomic mass is 16.7. The van der Waals surface area contributed by atoms with Gasteiger partial charge in [-0.25, -0.2) is 5.48 Å². The second-order valence-corrected chi connectivity index (χ2v) is 3.00. The molecular weight excluding hydrogens is 114 g/mol. The number of hydrogen-bond acceptors (Lipinski definition) is 2. The largest absolute Gasteiger partial charge is 0.295 e. The van der Waals surface area contributed by atoms with Gasteiger partial charge in [-0.3, -0.25) is 4.84 Å². The molecule has 0 saturated carbocycles. The van der Waals surface area contributed by atoms with Crippen LogP contribution in [0.15, 0.2) is 0 Å². The van der Waals surface area contributed by atoms with Crippen LogP contribution in [0, 0.1) is 13.0 Å². The zero-order chi connectivity index (χ0) is 7.49. The van der Waals surface area contributed by atoms with Gasteiger partial charge < -0.3 is 0 Å². The van der Waals surface area contributed by atoms with Crippen molar-refractivity contribution in [2.45, 2.75) is 33.3 Å². The van der Waals surface area contributed by atoms with Gasteiger partial charge in [0.05, 0.1) is 5.60 Å². The van der Waals surface area contributed by atoms with Crippen LogP contribution >= 0.6 is 0 Å². The van der Waals surface area contributed by atoms with E-state index in [1.165, 1.54) is 0 Å². The lowest BCUT2D eigenvalue weighted by atomic mass is 9.95. The molecule has 2 heteroatoms. The topological polar surface area (TPSA) is 21.3 Å². The Kier molecular flexibility index (Phi) is 3.15. The quantitative estimate of drug-likeness (QED) is 0.587. The van der Waals surface area contributed by atoms with Gasteiger partial charge >= 0.3 is 0 Å². The highest BCUT2D eigenvalue weighted by molar-refractivity contribution is 4.71. The van der Waals surface area contributed by atoms with Crippen LogP contribution in [-0.2, 0) is 4.84 Å². The predicted octanol–water partition coefficient (Wildman–Crippen LogP) is 1.73. The monoisotopic (exact) mass is 130 g/mol. The minimum absolute atomic E-state index is 0.123. The summed E-state index contributed by atoms with van der Waals surface area (Å²) >= 11 is 0. The van der Waals surface area contributed by atoms with Gasteiger partial charge in [0.25, 0.3) is 0 Å². The third kappa shape index (κ3) is 2.82. The molecule has 9 heavy (non-hydrogen) atoms. The summed E-state index contributed by atoms with van der Waals surface area (Å²) in [5, 5.41) is 0. The summed E-state index contributed by atoms with van der Waals surface area (Å²) < 4.78 is 0. The number of hydrogen-bond donors (Lipinski definition) is 1. The van der Waals surface area contributed by atoms with Crippen molar-refractivity contribution in [1.29, 1.82) is 0 Å². The van der Waals surface area contributed by atoms with E-state index >= 15 is 0 Å². The van der Waals surface area contributed by atoms with E-state index < -0.39 is 0 Å². The maximum absolute atomic E-state index is 5.13. The average molecular weight is 130 g/mol. The maximum Gasteiger partial charge on any atom is 0.0863 e. The van der Waals surface area contributed by atoms with Gasteiger partial charge in [0.2, 0.25) is 0 Å². The van der Waals surface area contributed by atoms with Gasteiger partial charge in [0, 0.05) is 7.05 Å². The Morgan fingerprint density at radius 3 is 2.00 bits per heavy atom. The molecule has 0 aliphatic rings. The molecule has 0 aromatic rings. The van der Waals surface area contributed by atoms with Crippen molar-refractivity contribution in [3.8, 4) is 0 Å². The molecule has 0 rings (SSSR count). The highest BCUT2D eigenvalue weighted by Gasteiger charge is 2.22.